The zero-order valence-electron chi connectivity index (χ0n) is 12.1. The topological polar surface area (TPSA) is 68.1 Å². The summed E-state index contributed by atoms with van der Waals surface area (Å²) in [6.45, 7) is 4.44. The Kier molecular flexibility index (Phi) is 3.33. The number of benzene rings is 1. The molecule has 7 heteroatoms. The Morgan fingerprint density at radius 2 is 1.90 bits per heavy atom. The molecule has 0 unspecified atom stereocenters. The van der Waals surface area contributed by atoms with E-state index in [9.17, 15) is 8.42 Å². The third-order valence-electron chi connectivity index (χ3n) is 3.90. The molecular weight excluding hydrogens is 288 g/mol. The van der Waals surface area contributed by atoms with Gasteiger partial charge in [-0.05, 0) is 38.8 Å². The summed E-state index contributed by atoms with van der Waals surface area (Å²) in [6, 6.07) is 9.17. The molecule has 0 N–H and O–H groups in total. The molecule has 1 aromatic carbocycles. The first-order chi connectivity index (χ1) is 9.93. The van der Waals surface area contributed by atoms with Gasteiger partial charge in [0.05, 0.1) is 11.9 Å². The lowest BCUT2D eigenvalue weighted by atomic mass is 10.0. The Labute approximate surface area is 124 Å². The molecule has 0 aliphatic carbocycles. The van der Waals surface area contributed by atoms with Crippen molar-refractivity contribution in [2.45, 2.75) is 37.3 Å². The molecule has 1 aliphatic heterocycles. The summed E-state index contributed by atoms with van der Waals surface area (Å²) < 4.78 is 28.8. The molecule has 0 bridgehead atoms. The Morgan fingerprint density at radius 1 is 1.19 bits per heavy atom. The van der Waals surface area contributed by atoms with Gasteiger partial charge in [-0.25, -0.2) is 13.1 Å². The molecule has 21 heavy (non-hydrogen) atoms. The van der Waals surface area contributed by atoms with Gasteiger partial charge >= 0.3 is 0 Å². The zero-order chi connectivity index (χ0) is 15.1. The quantitative estimate of drug-likeness (QED) is 0.867. The number of para-hydroxylation sites is 1. The van der Waals surface area contributed by atoms with Crippen molar-refractivity contribution in [2.24, 2.45) is 0 Å². The molecule has 0 saturated carbocycles. The maximum Gasteiger partial charge on any atom is 0.262 e. The summed E-state index contributed by atoms with van der Waals surface area (Å²) in [5.41, 5.74) is 0.315. The van der Waals surface area contributed by atoms with E-state index in [2.05, 4.69) is 10.3 Å². The van der Waals surface area contributed by atoms with Gasteiger partial charge in [-0.2, -0.15) is 4.31 Å². The number of hydrogen-bond donors (Lipinski definition) is 0. The van der Waals surface area contributed by atoms with Crippen LogP contribution in [0.2, 0.25) is 0 Å². The first kappa shape index (κ1) is 14.2. The highest BCUT2D eigenvalue weighted by atomic mass is 32.2. The molecule has 3 rings (SSSR count). The molecule has 1 saturated heterocycles. The van der Waals surface area contributed by atoms with E-state index in [1.165, 1.54) is 10.9 Å². The second-order valence-corrected chi connectivity index (χ2v) is 7.62. The van der Waals surface area contributed by atoms with E-state index in [-0.39, 0.29) is 10.6 Å². The standard InChI is InChI=1S/C14H18N4O2S/c1-14(2)9-6-10-17(14)21(19,20)13-11-15-16-18(13)12-7-4-3-5-8-12/h3-5,7-8,11H,6,9-10H2,1-2H3. The Morgan fingerprint density at radius 3 is 2.52 bits per heavy atom. The van der Waals surface area contributed by atoms with Crippen molar-refractivity contribution in [3.63, 3.8) is 0 Å². The van der Waals surface area contributed by atoms with Gasteiger partial charge in [-0.15, -0.1) is 5.10 Å². The van der Waals surface area contributed by atoms with Gasteiger partial charge in [-0.3, -0.25) is 0 Å². The van der Waals surface area contributed by atoms with Crippen molar-refractivity contribution >= 4 is 10.0 Å². The van der Waals surface area contributed by atoms with Crippen LogP contribution in [0.4, 0.5) is 0 Å². The van der Waals surface area contributed by atoms with E-state index in [0.717, 1.165) is 12.8 Å². The average molecular weight is 306 g/mol. The van der Waals surface area contributed by atoms with Crippen LogP contribution in [0.15, 0.2) is 41.6 Å². The van der Waals surface area contributed by atoms with Crippen LogP contribution in [0.1, 0.15) is 26.7 Å². The molecule has 0 atom stereocenters. The molecule has 0 spiro atoms. The van der Waals surface area contributed by atoms with Crippen molar-refractivity contribution in [3.05, 3.63) is 36.5 Å². The van der Waals surface area contributed by atoms with Crippen LogP contribution in [0.25, 0.3) is 5.69 Å². The van der Waals surface area contributed by atoms with Gasteiger partial charge in [0, 0.05) is 12.1 Å². The van der Waals surface area contributed by atoms with Gasteiger partial charge in [0.1, 0.15) is 0 Å². The van der Waals surface area contributed by atoms with Crippen molar-refractivity contribution in [2.75, 3.05) is 6.54 Å². The summed E-state index contributed by atoms with van der Waals surface area (Å²) in [4.78, 5) is 0. The lowest BCUT2D eigenvalue weighted by molar-refractivity contribution is 0.290. The van der Waals surface area contributed by atoms with E-state index in [4.69, 9.17) is 0 Å². The van der Waals surface area contributed by atoms with E-state index < -0.39 is 10.0 Å². The maximum absolute atomic E-state index is 12.9. The van der Waals surface area contributed by atoms with Gasteiger partial charge in [0.15, 0.2) is 5.03 Å². The van der Waals surface area contributed by atoms with E-state index in [1.807, 2.05) is 44.2 Å². The smallest absolute Gasteiger partial charge is 0.205 e. The summed E-state index contributed by atoms with van der Waals surface area (Å²) in [7, 11) is -3.61. The predicted molar refractivity (Wildman–Crippen MR) is 78.6 cm³/mol. The highest BCUT2D eigenvalue weighted by Gasteiger charge is 2.42. The number of nitrogens with zero attached hydrogens (tertiary/aromatic N) is 4. The van der Waals surface area contributed by atoms with Gasteiger partial charge < -0.3 is 0 Å². The largest absolute Gasteiger partial charge is 0.262 e. The average Bonchev–Trinajstić information content (AvgIpc) is 3.06. The van der Waals surface area contributed by atoms with Crippen molar-refractivity contribution in [1.82, 2.24) is 19.3 Å². The molecule has 1 fully saturated rings. The molecule has 2 heterocycles. The molecule has 6 nitrogen and oxygen atoms in total. The Hall–Kier alpha value is -1.73. The van der Waals surface area contributed by atoms with E-state index >= 15 is 0 Å². The van der Waals surface area contributed by atoms with Crippen LogP contribution in [-0.4, -0.2) is 39.8 Å². The van der Waals surface area contributed by atoms with Gasteiger partial charge in [0.2, 0.25) is 0 Å². The Balaban J connectivity index is 2.08. The molecule has 112 valence electrons. The number of hydrogen-bond acceptors (Lipinski definition) is 4. The summed E-state index contributed by atoms with van der Waals surface area (Å²) in [5, 5.41) is 7.84. The fourth-order valence-corrected chi connectivity index (χ4v) is 4.67. The SMILES string of the molecule is CC1(C)CCCN1S(=O)(=O)c1cnnn1-c1ccccc1. The van der Waals surface area contributed by atoms with Crippen molar-refractivity contribution in [3.8, 4) is 5.69 Å². The number of rotatable bonds is 3. The fraction of sp³-hybridized carbons (Fsp3) is 0.429. The maximum atomic E-state index is 12.9. The Bertz CT molecular complexity index is 737. The molecule has 1 aliphatic rings. The van der Waals surface area contributed by atoms with Crippen LogP contribution in [0, 0.1) is 0 Å². The van der Waals surface area contributed by atoms with Crippen LogP contribution in [0.5, 0.6) is 0 Å². The third kappa shape index (κ3) is 2.36. The summed E-state index contributed by atoms with van der Waals surface area (Å²) in [6.07, 6.45) is 3.05. The molecule has 1 aromatic heterocycles. The molecular formula is C14H18N4O2S. The van der Waals surface area contributed by atoms with Crippen LogP contribution in [-0.2, 0) is 10.0 Å². The molecule has 2 aromatic rings. The fourth-order valence-electron chi connectivity index (χ4n) is 2.79. The summed E-state index contributed by atoms with van der Waals surface area (Å²) in [5.74, 6) is 0. The molecule has 0 amide bonds. The highest BCUT2D eigenvalue weighted by molar-refractivity contribution is 7.89. The first-order valence-corrected chi connectivity index (χ1v) is 8.36. The number of aromatic nitrogens is 3. The summed E-state index contributed by atoms with van der Waals surface area (Å²) >= 11 is 0. The zero-order valence-corrected chi connectivity index (χ0v) is 12.9. The van der Waals surface area contributed by atoms with E-state index in [1.54, 1.807) is 4.31 Å². The van der Waals surface area contributed by atoms with Crippen LogP contribution in [0.3, 0.4) is 0 Å². The number of sulfonamides is 1. The van der Waals surface area contributed by atoms with Crippen molar-refractivity contribution in [1.29, 1.82) is 0 Å². The van der Waals surface area contributed by atoms with Gasteiger partial charge in [0.25, 0.3) is 10.0 Å². The minimum Gasteiger partial charge on any atom is -0.205 e. The molecule has 0 radical (unpaired) electrons. The highest BCUT2D eigenvalue weighted by Crippen LogP contribution is 2.34. The van der Waals surface area contributed by atoms with Crippen LogP contribution < -0.4 is 0 Å². The minimum atomic E-state index is -3.61. The monoisotopic (exact) mass is 306 g/mol. The minimum absolute atomic E-state index is 0.115. The lowest BCUT2D eigenvalue weighted by Gasteiger charge is -2.30. The first-order valence-electron chi connectivity index (χ1n) is 6.92. The third-order valence-corrected chi connectivity index (χ3v) is 5.96. The van der Waals surface area contributed by atoms with Crippen molar-refractivity contribution < 1.29 is 8.42 Å². The lowest BCUT2D eigenvalue weighted by Crippen LogP contribution is -2.43. The van der Waals surface area contributed by atoms with Gasteiger partial charge in [-0.1, -0.05) is 23.4 Å². The second-order valence-electron chi connectivity index (χ2n) is 5.81. The van der Waals surface area contributed by atoms with E-state index in [0.29, 0.717) is 12.2 Å². The second kappa shape index (κ2) is 4.92. The normalized spacial score (nSPS) is 19.0. The van der Waals surface area contributed by atoms with Crippen LogP contribution >= 0.6 is 0 Å². The predicted octanol–water partition coefficient (Wildman–Crippen LogP) is 1.83.